The van der Waals surface area contributed by atoms with Crippen molar-refractivity contribution in [1.29, 1.82) is 0 Å². The molecule has 3 heteroatoms. The van der Waals surface area contributed by atoms with E-state index in [1.165, 1.54) is 5.19 Å². The van der Waals surface area contributed by atoms with E-state index in [0.717, 1.165) is 5.75 Å². The van der Waals surface area contributed by atoms with E-state index in [9.17, 15) is 0 Å². The largest absolute Gasteiger partial charge is 0.497 e. The minimum atomic E-state index is -1.74. The lowest BCUT2D eigenvalue weighted by Gasteiger charge is -2.22. The number of hydrogen-bond acceptors (Lipinski definition) is 2. The molecule has 0 aromatic heterocycles. The molecule has 0 aliphatic rings. The van der Waals surface area contributed by atoms with Crippen molar-refractivity contribution in [3.63, 3.8) is 0 Å². The first-order valence-corrected chi connectivity index (χ1v) is 7.21. The lowest BCUT2D eigenvalue weighted by Crippen LogP contribution is -2.44. The van der Waals surface area contributed by atoms with E-state index in [1.807, 2.05) is 18.2 Å². The van der Waals surface area contributed by atoms with Crippen molar-refractivity contribution in [2.45, 2.75) is 13.1 Å². The van der Waals surface area contributed by atoms with Gasteiger partial charge in [-0.1, -0.05) is 18.2 Å². The number of methoxy groups -OCH3 is 1. The molecule has 0 radical (unpaired) electrons. The van der Waals surface area contributed by atoms with E-state index < -0.39 is 8.32 Å². The van der Waals surface area contributed by atoms with Gasteiger partial charge in [-0.05, 0) is 19.2 Å². The minimum absolute atomic E-state index is 0.931. The standard InChI is InChI=1S/C10H16O2Si/c1-11-9-7-5-6-8-10(9)13(3,4)12-2/h5-8H,1-4H3. The van der Waals surface area contributed by atoms with Gasteiger partial charge in [-0.3, -0.25) is 0 Å². The van der Waals surface area contributed by atoms with Crippen LogP contribution < -0.4 is 9.92 Å². The Kier molecular flexibility index (Phi) is 3.11. The molecule has 0 bridgehead atoms. The predicted molar refractivity (Wildman–Crippen MR) is 57.1 cm³/mol. The number of hydrogen-bond donors (Lipinski definition) is 0. The normalized spacial score (nSPS) is 11.4. The molecule has 1 aromatic rings. The van der Waals surface area contributed by atoms with E-state index in [2.05, 4.69) is 19.2 Å². The maximum absolute atomic E-state index is 5.53. The molecule has 0 aliphatic carbocycles. The van der Waals surface area contributed by atoms with Gasteiger partial charge in [-0.15, -0.1) is 0 Å². The van der Waals surface area contributed by atoms with Crippen LogP contribution in [0.4, 0.5) is 0 Å². The third kappa shape index (κ3) is 2.11. The summed E-state index contributed by atoms with van der Waals surface area (Å²) in [6.45, 7) is 4.32. The maximum atomic E-state index is 5.53. The van der Waals surface area contributed by atoms with Crippen molar-refractivity contribution < 1.29 is 9.16 Å². The number of rotatable bonds is 3. The van der Waals surface area contributed by atoms with Gasteiger partial charge in [0, 0.05) is 12.3 Å². The van der Waals surface area contributed by atoms with Crippen LogP contribution in [0.25, 0.3) is 0 Å². The maximum Gasteiger partial charge on any atom is 0.221 e. The van der Waals surface area contributed by atoms with Crippen LogP contribution in [0.2, 0.25) is 13.1 Å². The lowest BCUT2D eigenvalue weighted by atomic mass is 10.3. The van der Waals surface area contributed by atoms with Gasteiger partial charge in [0.1, 0.15) is 5.75 Å². The van der Waals surface area contributed by atoms with Crippen molar-refractivity contribution in [3.8, 4) is 5.75 Å². The molecular weight excluding hydrogens is 180 g/mol. The fourth-order valence-corrected chi connectivity index (χ4v) is 2.75. The van der Waals surface area contributed by atoms with Crippen LogP contribution in [0.15, 0.2) is 24.3 Å². The zero-order chi connectivity index (χ0) is 9.90. The summed E-state index contributed by atoms with van der Waals surface area (Å²) < 4.78 is 10.8. The Hall–Kier alpha value is -0.803. The summed E-state index contributed by atoms with van der Waals surface area (Å²) in [4.78, 5) is 0. The molecule has 0 saturated carbocycles. The summed E-state index contributed by atoms with van der Waals surface area (Å²) in [6.07, 6.45) is 0. The highest BCUT2D eigenvalue weighted by molar-refractivity contribution is 6.85. The molecule has 0 aliphatic heterocycles. The van der Waals surface area contributed by atoms with Crippen LogP contribution in [-0.4, -0.2) is 22.5 Å². The molecule has 0 N–H and O–H groups in total. The molecule has 0 amide bonds. The zero-order valence-electron chi connectivity index (χ0n) is 8.63. The first-order valence-electron chi connectivity index (χ1n) is 4.30. The van der Waals surface area contributed by atoms with Crippen molar-refractivity contribution in [2.24, 2.45) is 0 Å². The highest BCUT2D eigenvalue weighted by Crippen LogP contribution is 2.13. The van der Waals surface area contributed by atoms with Crippen molar-refractivity contribution in [3.05, 3.63) is 24.3 Å². The van der Waals surface area contributed by atoms with E-state index in [0.29, 0.717) is 0 Å². The van der Waals surface area contributed by atoms with Crippen LogP contribution in [-0.2, 0) is 4.43 Å². The Balaban J connectivity index is 3.12. The molecule has 0 saturated heterocycles. The van der Waals surface area contributed by atoms with Gasteiger partial charge in [0.05, 0.1) is 7.11 Å². The molecule has 0 unspecified atom stereocenters. The number of para-hydroxylation sites is 1. The van der Waals surface area contributed by atoms with Gasteiger partial charge in [0.2, 0.25) is 8.32 Å². The van der Waals surface area contributed by atoms with Crippen LogP contribution in [0.5, 0.6) is 5.75 Å². The second-order valence-electron chi connectivity index (χ2n) is 3.41. The highest BCUT2D eigenvalue weighted by atomic mass is 28.4. The fourth-order valence-electron chi connectivity index (χ4n) is 1.25. The van der Waals surface area contributed by atoms with E-state index in [-0.39, 0.29) is 0 Å². The molecule has 2 nitrogen and oxygen atoms in total. The van der Waals surface area contributed by atoms with Gasteiger partial charge in [0.25, 0.3) is 0 Å². The summed E-state index contributed by atoms with van der Waals surface area (Å²) in [5.74, 6) is 0.931. The number of benzene rings is 1. The average Bonchev–Trinajstić information content (AvgIpc) is 2.18. The van der Waals surface area contributed by atoms with Gasteiger partial charge in [-0.25, -0.2) is 0 Å². The van der Waals surface area contributed by atoms with Crippen LogP contribution in [0.3, 0.4) is 0 Å². The highest BCUT2D eigenvalue weighted by Gasteiger charge is 2.26. The summed E-state index contributed by atoms with van der Waals surface area (Å²) in [7, 11) is 1.71. The Bertz CT molecular complexity index is 284. The summed E-state index contributed by atoms with van der Waals surface area (Å²) >= 11 is 0. The van der Waals surface area contributed by atoms with Crippen LogP contribution in [0, 0.1) is 0 Å². The molecule has 1 aromatic carbocycles. The average molecular weight is 196 g/mol. The molecule has 72 valence electrons. The predicted octanol–water partition coefficient (Wildman–Crippen LogP) is 1.75. The smallest absolute Gasteiger partial charge is 0.221 e. The number of ether oxygens (including phenoxy) is 1. The third-order valence-electron chi connectivity index (χ3n) is 2.27. The third-order valence-corrected chi connectivity index (χ3v) is 5.00. The first kappa shape index (κ1) is 10.3. The SMILES string of the molecule is COc1ccccc1[Si](C)(C)OC. The molecule has 1 rings (SSSR count). The molecular formula is C10H16O2Si. The summed E-state index contributed by atoms with van der Waals surface area (Å²) in [6, 6.07) is 8.05. The van der Waals surface area contributed by atoms with E-state index in [4.69, 9.17) is 9.16 Å². The second kappa shape index (κ2) is 3.94. The Labute approximate surface area is 80.6 Å². The fraction of sp³-hybridized carbons (Fsp3) is 0.400. The van der Waals surface area contributed by atoms with Gasteiger partial charge < -0.3 is 9.16 Å². The van der Waals surface area contributed by atoms with Gasteiger partial charge in [0.15, 0.2) is 0 Å². The lowest BCUT2D eigenvalue weighted by molar-refractivity contribution is 0.402. The van der Waals surface area contributed by atoms with Gasteiger partial charge >= 0.3 is 0 Å². The summed E-state index contributed by atoms with van der Waals surface area (Å²) in [5, 5.41) is 1.21. The minimum Gasteiger partial charge on any atom is -0.497 e. The Morgan fingerprint density at radius 1 is 1.08 bits per heavy atom. The topological polar surface area (TPSA) is 18.5 Å². The van der Waals surface area contributed by atoms with Crippen LogP contribution in [0.1, 0.15) is 0 Å². The first-order chi connectivity index (χ1) is 6.11. The quantitative estimate of drug-likeness (QED) is 0.686. The van der Waals surface area contributed by atoms with E-state index >= 15 is 0 Å². The Morgan fingerprint density at radius 2 is 1.69 bits per heavy atom. The summed E-state index contributed by atoms with van der Waals surface area (Å²) in [5.41, 5.74) is 0. The second-order valence-corrected chi connectivity index (χ2v) is 7.38. The molecule has 0 heterocycles. The molecule has 0 fully saturated rings. The molecule has 0 spiro atoms. The Morgan fingerprint density at radius 3 is 2.23 bits per heavy atom. The monoisotopic (exact) mass is 196 g/mol. The van der Waals surface area contributed by atoms with Gasteiger partial charge in [-0.2, -0.15) is 0 Å². The van der Waals surface area contributed by atoms with Crippen molar-refractivity contribution in [1.82, 2.24) is 0 Å². The van der Waals surface area contributed by atoms with E-state index in [1.54, 1.807) is 14.2 Å². The molecule has 0 atom stereocenters. The molecule has 13 heavy (non-hydrogen) atoms. The van der Waals surface area contributed by atoms with Crippen molar-refractivity contribution in [2.75, 3.05) is 14.2 Å². The van der Waals surface area contributed by atoms with Crippen molar-refractivity contribution >= 4 is 13.5 Å². The zero-order valence-corrected chi connectivity index (χ0v) is 9.63. The van der Waals surface area contributed by atoms with Crippen LogP contribution >= 0.6 is 0 Å².